The first-order valence-electron chi connectivity index (χ1n) is 5.86. The smallest absolute Gasteiger partial charge is 0.135 e. The number of rotatable bonds is 0. The molecule has 1 aromatic heterocycles. The standard InChI is InChI=1S/C15H10ClNO/c16-11-2-1-9-6-12-13-8-17-4-3-14(13)18-15(12)7-10(9)5-11/h1-7,17H,8H2. The molecule has 18 heavy (non-hydrogen) atoms. The SMILES string of the molecule is Clc1ccc2cc3c4c(oc3cc2c1)C=CNC4. The molecule has 1 aliphatic rings. The Balaban J connectivity index is 2.12. The molecule has 0 radical (unpaired) electrons. The highest BCUT2D eigenvalue weighted by atomic mass is 35.5. The summed E-state index contributed by atoms with van der Waals surface area (Å²) in [7, 11) is 0. The van der Waals surface area contributed by atoms with E-state index in [0.717, 1.165) is 28.3 Å². The van der Waals surface area contributed by atoms with Crippen LogP contribution in [0.1, 0.15) is 11.3 Å². The van der Waals surface area contributed by atoms with Crippen molar-refractivity contribution in [1.82, 2.24) is 5.32 Å². The Morgan fingerprint density at radius 1 is 1.11 bits per heavy atom. The molecule has 0 saturated heterocycles. The number of furan rings is 1. The minimum absolute atomic E-state index is 0.750. The normalized spacial score (nSPS) is 13.8. The molecule has 1 aliphatic heterocycles. The van der Waals surface area contributed by atoms with Crippen LogP contribution in [0.2, 0.25) is 5.02 Å². The summed E-state index contributed by atoms with van der Waals surface area (Å²) in [5, 5.41) is 7.44. The van der Waals surface area contributed by atoms with Crippen molar-refractivity contribution >= 4 is 39.4 Å². The van der Waals surface area contributed by atoms with Gasteiger partial charge in [0.2, 0.25) is 0 Å². The molecule has 3 aromatic rings. The Labute approximate surface area is 109 Å². The minimum Gasteiger partial charge on any atom is -0.456 e. The molecule has 2 nitrogen and oxygen atoms in total. The van der Waals surface area contributed by atoms with E-state index in [9.17, 15) is 0 Å². The van der Waals surface area contributed by atoms with Crippen molar-refractivity contribution in [2.45, 2.75) is 6.54 Å². The van der Waals surface area contributed by atoms with Crippen molar-refractivity contribution in [3.05, 3.63) is 52.9 Å². The summed E-state index contributed by atoms with van der Waals surface area (Å²) >= 11 is 6.02. The van der Waals surface area contributed by atoms with Gasteiger partial charge in [0.25, 0.3) is 0 Å². The van der Waals surface area contributed by atoms with Crippen molar-refractivity contribution in [2.75, 3.05) is 0 Å². The van der Waals surface area contributed by atoms with Crippen LogP contribution in [-0.4, -0.2) is 0 Å². The molecule has 0 bridgehead atoms. The van der Waals surface area contributed by atoms with Gasteiger partial charge in [0.15, 0.2) is 0 Å². The predicted molar refractivity (Wildman–Crippen MR) is 74.6 cm³/mol. The van der Waals surface area contributed by atoms with Crippen LogP contribution in [0.4, 0.5) is 0 Å². The molecule has 3 heteroatoms. The van der Waals surface area contributed by atoms with E-state index in [-0.39, 0.29) is 0 Å². The highest BCUT2D eigenvalue weighted by Gasteiger charge is 2.14. The van der Waals surface area contributed by atoms with E-state index in [1.807, 2.05) is 30.5 Å². The Morgan fingerprint density at radius 2 is 2.06 bits per heavy atom. The fourth-order valence-corrected chi connectivity index (χ4v) is 2.67. The zero-order valence-corrected chi connectivity index (χ0v) is 10.3. The molecular formula is C15H10ClNO. The molecule has 1 N–H and O–H groups in total. The average Bonchev–Trinajstić information content (AvgIpc) is 2.73. The van der Waals surface area contributed by atoms with Gasteiger partial charge >= 0.3 is 0 Å². The lowest BCUT2D eigenvalue weighted by Crippen LogP contribution is -2.08. The molecule has 0 amide bonds. The second-order valence-corrected chi connectivity index (χ2v) is 4.94. The summed E-state index contributed by atoms with van der Waals surface area (Å²) in [5.74, 6) is 0.949. The molecule has 0 unspecified atom stereocenters. The van der Waals surface area contributed by atoms with Gasteiger partial charge in [0, 0.05) is 28.7 Å². The quantitative estimate of drug-likeness (QED) is 0.647. The second-order valence-electron chi connectivity index (χ2n) is 4.50. The summed E-state index contributed by atoms with van der Waals surface area (Å²) < 4.78 is 5.87. The summed E-state index contributed by atoms with van der Waals surface area (Å²) in [6.07, 6.45) is 3.89. The van der Waals surface area contributed by atoms with Gasteiger partial charge in [0.1, 0.15) is 11.3 Å². The summed E-state index contributed by atoms with van der Waals surface area (Å²) in [5.41, 5.74) is 2.15. The zero-order valence-electron chi connectivity index (χ0n) is 9.53. The van der Waals surface area contributed by atoms with Crippen LogP contribution >= 0.6 is 11.6 Å². The second kappa shape index (κ2) is 3.53. The Bertz CT molecular complexity index is 801. The number of fused-ring (bicyclic) bond motifs is 4. The maximum atomic E-state index is 6.02. The molecule has 88 valence electrons. The van der Waals surface area contributed by atoms with Gasteiger partial charge in [-0.3, -0.25) is 0 Å². The van der Waals surface area contributed by atoms with E-state index in [0.29, 0.717) is 0 Å². The number of hydrogen-bond donors (Lipinski definition) is 1. The van der Waals surface area contributed by atoms with Crippen molar-refractivity contribution in [2.24, 2.45) is 0 Å². The monoisotopic (exact) mass is 255 g/mol. The van der Waals surface area contributed by atoms with Crippen LogP contribution in [0.3, 0.4) is 0 Å². The van der Waals surface area contributed by atoms with Gasteiger partial charge in [-0.2, -0.15) is 0 Å². The summed E-state index contributed by atoms with van der Waals surface area (Å²) in [6, 6.07) is 10.2. The zero-order chi connectivity index (χ0) is 12.1. The number of hydrogen-bond acceptors (Lipinski definition) is 2. The lowest BCUT2D eigenvalue weighted by Gasteiger charge is -2.05. The Morgan fingerprint density at radius 3 is 3.00 bits per heavy atom. The van der Waals surface area contributed by atoms with Crippen LogP contribution in [-0.2, 0) is 6.54 Å². The molecule has 2 heterocycles. The molecule has 0 aliphatic carbocycles. The third-order valence-corrected chi connectivity index (χ3v) is 3.61. The lowest BCUT2D eigenvalue weighted by molar-refractivity contribution is 0.592. The molecule has 2 aromatic carbocycles. The minimum atomic E-state index is 0.750. The van der Waals surface area contributed by atoms with Crippen molar-refractivity contribution in [3.8, 4) is 0 Å². The fourth-order valence-electron chi connectivity index (χ4n) is 2.49. The van der Waals surface area contributed by atoms with Gasteiger partial charge in [0.05, 0.1) is 0 Å². The van der Waals surface area contributed by atoms with Gasteiger partial charge in [-0.1, -0.05) is 17.7 Å². The topological polar surface area (TPSA) is 25.2 Å². The summed E-state index contributed by atoms with van der Waals surface area (Å²) in [4.78, 5) is 0. The number of halogens is 1. The van der Waals surface area contributed by atoms with E-state index in [4.69, 9.17) is 16.0 Å². The molecule has 0 fully saturated rings. The highest BCUT2D eigenvalue weighted by molar-refractivity contribution is 6.31. The first-order chi connectivity index (χ1) is 8.81. The van der Waals surface area contributed by atoms with E-state index >= 15 is 0 Å². The van der Waals surface area contributed by atoms with Crippen LogP contribution in [0.5, 0.6) is 0 Å². The fraction of sp³-hybridized carbons (Fsp3) is 0.0667. The van der Waals surface area contributed by atoms with Crippen LogP contribution in [0.25, 0.3) is 27.8 Å². The van der Waals surface area contributed by atoms with Crippen molar-refractivity contribution < 1.29 is 4.42 Å². The third-order valence-electron chi connectivity index (χ3n) is 3.37. The predicted octanol–water partition coefficient (Wildman–Crippen LogP) is 4.31. The molecule has 0 saturated carbocycles. The number of benzene rings is 2. The largest absolute Gasteiger partial charge is 0.456 e. The van der Waals surface area contributed by atoms with Gasteiger partial charge < -0.3 is 9.73 Å². The molecule has 4 rings (SSSR count). The van der Waals surface area contributed by atoms with E-state index in [1.165, 1.54) is 16.3 Å². The highest BCUT2D eigenvalue weighted by Crippen LogP contribution is 2.32. The summed E-state index contributed by atoms with van der Waals surface area (Å²) in [6.45, 7) is 0.817. The molecule has 0 spiro atoms. The van der Waals surface area contributed by atoms with Gasteiger partial charge in [-0.05, 0) is 41.1 Å². The average molecular weight is 256 g/mol. The molecule has 0 atom stereocenters. The first kappa shape index (κ1) is 10.0. The van der Waals surface area contributed by atoms with Crippen LogP contribution in [0, 0.1) is 0 Å². The van der Waals surface area contributed by atoms with Gasteiger partial charge in [-0.25, -0.2) is 0 Å². The van der Waals surface area contributed by atoms with Gasteiger partial charge in [-0.15, -0.1) is 0 Å². The first-order valence-corrected chi connectivity index (χ1v) is 6.24. The van der Waals surface area contributed by atoms with Crippen LogP contribution < -0.4 is 5.32 Å². The number of nitrogens with one attached hydrogen (secondary N) is 1. The van der Waals surface area contributed by atoms with E-state index < -0.39 is 0 Å². The van der Waals surface area contributed by atoms with Crippen LogP contribution in [0.15, 0.2) is 40.9 Å². The van der Waals surface area contributed by atoms with E-state index in [2.05, 4.69) is 17.4 Å². The van der Waals surface area contributed by atoms with E-state index in [1.54, 1.807) is 0 Å². The lowest BCUT2D eigenvalue weighted by atomic mass is 10.0. The van der Waals surface area contributed by atoms with Crippen molar-refractivity contribution in [3.63, 3.8) is 0 Å². The Kier molecular flexibility index (Phi) is 1.97. The third kappa shape index (κ3) is 1.36. The maximum absolute atomic E-state index is 6.02. The van der Waals surface area contributed by atoms with Crippen molar-refractivity contribution in [1.29, 1.82) is 0 Å². The Hall–Kier alpha value is -1.93. The molecular weight excluding hydrogens is 246 g/mol. The maximum Gasteiger partial charge on any atom is 0.135 e.